The molecule has 3 N–H and O–H groups in total. The number of carbonyl (C=O) groups excluding carboxylic acids is 1. The number of hydrogen-bond acceptors (Lipinski definition) is 4. The van der Waals surface area contributed by atoms with E-state index in [9.17, 15) is 4.79 Å². The number of amides is 1. The molecule has 0 aromatic carbocycles. The van der Waals surface area contributed by atoms with Gasteiger partial charge < -0.3 is 4.84 Å². The highest BCUT2D eigenvalue weighted by Gasteiger charge is 2.08. The average Bonchev–Trinajstić information content (AvgIpc) is 1.98. The summed E-state index contributed by atoms with van der Waals surface area (Å²) in [4.78, 5) is 14.1. The number of rotatable bonds is 3. The number of hydrogen-bond donors (Lipinski definition) is 2. The molecule has 5 nitrogen and oxygen atoms in total. The van der Waals surface area contributed by atoms with Crippen molar-refractivity contribution in [2.24, 2.45) is 5.90 Å². The lowest BCUT2D eigenvalue weighted by atomic mass is 10.3. The van der Waals surface area contributed by atoms with Gasteiger partial charge in [-0.15, -0.1) is 0 Å². The Morgan fingerprint density at radius 1 is 1.80 bits per heavy atom. The summed E-state index contributed by atoms with van der Waals surface area (Å²) in [5.41, 5.74) is 0. The predicted octanol–water partition coefficient (Wildman–Crippen LogP) is 0.488. The summed E-state index contributed by atoms with van der Waals surface area (Å²) in [6.45, 7) is 2.20. The maximum absolute atomic E-state index is 10.3. The van der Waals surface area contributed by atoms with Crippen LogP contribution in [0.15, 0.2) is 0 Å². The monoisotopic (exact) mass is 148 g/mol. The van der Waals surface area contributed by atoms with Crippen molar-refractivity contribution < 1.29 is 14.8 Å². The van der Waals surface area contributed by atoms with Crippen LogP contribution in [0.4, 0.5) is 4.79 Å². The molecule has 0 aromatic heterocycles. The SMILES string of the molecule is CCCCN(O)C(=O)ON. The molecule has 0 aliphatic carbocycles. The molecule has 0 aromatic rings. The van der Waals surface area contributed by atoms with Gasteiger partial charge in [0.2, 0.25) is 0 Å². The second-order valence-corrected chi connectivity index (χ2v) is 1.86. The molecule has 5 heteroatoms. The lowest BCUT2D eigenvalue weighted by Gasteiger charge is -2.10. The van der Waals surface area contributed by atoms with E-state index in [0.29, 0.717) is 5.06 Å². The topological polar surface area (TPSA) is 75.8 Å². The second-order valence-electron chi connectivity index (χ2n) is 1.86. The van der Waals surface area contributed by atoms with Crippen LogP contribution >= 0.6 is 0 Å². The Labute approximate surface area is 59.3 Å². The first-order valence-corrected chi connectivity index (χ1v) is 3.09. The van der Waals surface area contributed by atoms with E-state index >= 15 is 0 Å². The lowest BCUT2D eigenvalue weighted by molar-refractivity contribution is -0.0750. The molecule has 0 atom stereocenters. The molecule has 0 aliphatic heterocycles. The summed E-state index contributed by atoms with van der Waals surface area (Å²) < 4.78 is 0. The molecule has 0 fully saturated rings. The molecule has 0 aliphatic rings. The Hall–Kier alpha value is -0.810. The number of unbranched alkanes of at least 4 members (excludes halogenated alkanes) is 1. The largest absolute Gasteiger partial charge is 0.452 e. The number of nitrogens with zero attached hydrogens (tertiary/aromatic N) is 1. The molecule has 10 heavy (non-hydrogen) atoms. The highest BCUT2D eigenvalue weighted by atomic mass is 16.7. The van der Waals surface area contributed by atoms with Crippen LogP contribution < -0.4 is 5.90 Å². The predicted molar refractivity (Wildman–Crippen MR) is 34.1 cm³/mol. The Morgan fingerprint density at radius 2 is 2.40 bits per heavy atom. The van der Waals surface area contributed by atoms with Crippen molar-refractivity contribution in [3.8, 4) is 0 Å². The molecule has 60 valence electrons. The summed E-state index contributed by atoms with van der Waals surface area (Å²) in [5, 5.41) is 9.18. The number of carbonyl (C=O) groups is 1. The highest BCUT2D eigenvalue weighted by Crippen LogP contribution is 1.92. The van der Waals surface area contributed by atoms with E-state index in [0.717, 1.165) is 12.8 Å². The van der Waals surface area contributed by atoms with Gasteiger partial charge in [0.1, 0.15) is 0 Å². The van der Waals surface area contributed by atoms with Crippen molar-refractivity contribution in [2.75, 3.05) is 6.54 Å². The van der Waals surface area contributed by atoms with Gasteiger partial charge in [0.15, 0.2) is 0 Å². The van der Waals surface area contributed by atoms with Crippen LogP contribution in [0, 0.1) is 0 Å². The quantitative estimate of drug-likeness (QED) is 0.451. The van der Waals surface area contributed by atoms with Gasteiger partial charge in [-0.3, -0.25) is 5.21 Å². The first-order chi connectivity index (χ1) is 4.72. The van der Waals surface area contributed by atoms with E-state index in [1.54, 1.807) is 0 Å². The van der Waals surface area contributed by atoms with Gasteiger partial charge >= 0.3 is 6.09 Å². The Balaban J connectivity index is 3.41. The van der Waals surface area contributed by atoms with E-state index in [1.807, 2.05) is 6.92 Å². The summed E-state index contributed by atoms with van der Waals surface area (Å²) in [6, 6.07) is 0. The maximum Gasteiger partial charge on any atom is 0.452 e. The molecule has 1 amide bonds. The molecule has 0 unspecified atom stereocenters. The van der Waals surface area contributed by atoms with Crippen molar-refractivity contribution in [3.63, 3.8) is 0 Å². The Morgan fingerprint density at radius 3 is 2.80 bits per heavy atom. The standard InChI is InChI=1S/C5H12N2O3/c1-2-3-4-7(9)5(8)10-6/h9H,2-4,6H2,1H3. The third kappa shape index (κ3) is 3.26. The Kier molecular flexibility index (Phi) is 4.61. The highest BCUT2D eigenvalue weighted by molar-refractivity contribution is 5.65. The van der Waals surface area contributed by atoms with Crippen LogP contribution in [0.3, 0.4) is 0 Å². The van der Waals surface area contributed by atoms with Gasteiger partial charge in [-0.2, -0.15) is 11.0 Å². The smallest absolute Gasteiger partial charge is 0.355 e. The second kappa shape index (κ2) is 5.01. The zero-order valence-electron chi connectivity index (χ0n) is 5.91. The molecular weight excluding hydrogens is 136 g/mol. The van der Waals surface area contributed by atoms with E-state index in [1.165, 1.54) is 0 Å². The van der Waals surface area contributed by atoms with Crippen LogP contribution in [0.1, 0.15) is 19.8 Å². The summed E-state index contributed by atoms with van der Waals surface area (Å²) >= 11 is 0. The van der Waals surface area contributed by atoms with Crippen LogP contribution in [0.25, 0.3) is 0 Å². The first-order valence-electron chi connectivity index (χ1n) is 3.09. The van der Waals surface area contributed by atoms with Crippen molar-refractivity contribution in [1.29, 1.82) is 0 Å². The minimum absolute atomic E-state index is 0.256. The van der Waals surface area contributed by atoms with Crippen LogP contribution in [0.5, 0.6) is 0 Å². The van der Waals surface area contributed by atoms with Crippen molar-refractivity contribution in [3.05, 3.63) is 0 Å². The third-order valence-corrected chi connectivity index (χ3v) is 1.04. The summed E-state index contributed by atoms with van der Waals surface area (Å²) in [7, 11) is 0. The molecule has 0 bridgehead atoms. The summed E-state index contributed by atoms with van der Waals surface area (Å²) in [6.07, 6.45) is 0.703. The first kappa shape index (κ1) is 9.19. The Bertz CT molecular complexity index is 107. The molecule has 0 saturated heterocycles. The fourth-order valence-electron chi connectivity index (χ4n) is 0.460. The molecule has 0 heterocycles. The lowest BCUT2D eigenvalue weighted by Crippen LogP contribution is -2.30. The minimum Gasteiger partial charge on any atom is -0.355 e. The third-order valence-electron chi connectivity index (χ3n) is 1.04. The fraction of sp³-hybridized carbons (Fsp3) is 0.800. The van der Waals surface area contributed by atoms with E-state index in [2.05, 4.69) is 10.7 Å². The zero-order chi connectivity index (χ0) is 7.98. The van der Waals surface area contributed by atoms with Crippen LogP contribution in [0.2, 0.25) is 0 Å². The van der Waals surface area contributed by atoms with Gasteiger partial charge in [-0.25, -0.2) is 4.79 Å². The van der Waals surface area contributed by atoms with Crippen molar-refractivity contribution in [2.45, 2.75) is 19.8 Å². The molecule has 0 saturated carbocycles. The van der Waals surface area contributed by atoms with Crippen molar-refractivity contribution >= 4 is 6.09 Å². The van der Waals surface area contributed by atoms with Gasteiger partial charge in [0, 0.05) is 0 Å². The minimum atomic E-state index is -0.923. The molecule has 0 rings (SSSR count). The normalized spacial score (nSPS) is 9.10. The van der Waals surface area contributed by atoms with Crippen LogP contribution in [-0.4, -0.2) is 22.9 Å². The molecular formula is C5H12N2O3. The van der Waals surface area contributed by atoms with Gasteiger partial charge in [0.05, 0.1) is 6.54 Å². The van der Waals surface area contributed by atoms with Gasteiger partial charge in [-0.1, -0.05) is 13.3 Å². The van der Waals surface area contributed by atoms with Crippen LogP contribution in [-0.2, 0) is 4.84 Å². The number of nitrogens with two attached hydrogens (primary N) is 1. The molecule has 0 spiro atoms. The van der Waals surface area contributed by atoms with E-state index in [4.69, 9.17) is 5.21 Å². The summed E-state index contributed by atoms with van der Waals surface area (Å²) in [5.74, 6) is 4.49. The number of hydroxylamine groups is 2. The molecule has 0 radical (unpaired) electrons. The zero-order valence-corrected chi connectivity index (χ0v) is 5.91. The fourth-order valence-corrected chi connectivity index (χ4v) is 0.460. The van der Waals surface area contributed by atoms with E-state index < -0.39 is 6.09 Å². The van der Waals surface area contributed by atoms with E-state index in [-0.39, 0.29) is 6.54 Å². The van der Waals surface area contributed by atoms with Gasteiger partial charge in [-0.05, 0) is 6.42 Å². The maximum atomic E-state index is 10.3. The van der Waals surface area contributed by atoms with Gasteiger partial charge in [0.25, 0.3) is 0 Å². The average molecular weight is 148 g/mol. The van der Waals surface area contributed by atoms with Crippen molar-refractivity contribution in [1.82, 2.24) is 5.06 Å².